The van der Waals surface area contributed by atoms with Crippen LogP contribution in [0.4, 0.5) is 0 Å². The maximum atomic E-state index is 10.8. The Morgan fingerprint density at radius 3 is 2.30 bits per heavy atom. The van der Waals surface area contributed by atoms with Gasteiger partial charge >= 0.3 is 0 Å². The number of hydrogen-bond acceptors (Lipinski definition) is 2. The van der Waals surface area contributed by atoms with E-state index in [4.69, 9.17) is 0 Å². The third-order valence-corrected chi connectivity index (χ3v) is 3.07. The summed E-state index contributed by atoms with van der Waals surface area (Å²) in [7, 11) is 1.07. The summed E-state index contributed by atoms with van der Waals surface area (Å²) < 4.78 is 21.7. The van der Waals surface area contributed by atoms with Crippen molar-refractivity contribution in [2.75, 3.05) is 19.8 Å². The van der Waals surface area contributed by atoms with Crippen molar-refractivity contribution in [3.8, 4) is 0 Å². The largest absolute Gasteiger partial charge is 0.333 e. The predicted molar refractivity (Wildman–Crippen MR) is 39.5 cm³/mol. The van der Waals surface area contributed by atoms with E-state index < -0.39 is 9.84 Å². The van der Waals surface area contributed by atoms with E-state index >= 15 is 0 Å². The highest BCUT2D eigenvalue weighted by Crippen LogP contribution is 2.04. The molecule has 0 saturated carbocycles. The van der Waals surface area contributed by atoms with Gasteiger partial charge in [-0.1, -0.05) is 0 Å². The lowest BCUT2D eigenvalue weighted by Gasteiger charge is -2.11. The van der Waals surface area contributed by atoms with Crippen LogP contribution < -0.4 is 4.90 Å². The normalized spacial score (nSPS) is 29.7. The van der Waals surface area contributed by atoms with E-state index in [-0.39, 0.29) is 11.8 Å². The molecule has 0 amide bonds. The third kappa shape index (κ3) is 1.58. The van der Waals surface area contributed by atoms with Crippen molar-refractivity contribution in [3.63, 3.8) is 0 Å². The first-order valence-corrected chi connectivity index (χ1v) is 4.94. The van der Waals surface area contributed by atoms with Gasteiger partial charge in [0.2, 0.25) is 0 Å². The van der Waals surface area contributed by atoms with Crippen LogP contribution >= 0.6 is 0 Å². The molecule has 10 heavy (non-hydrogen) atoms. The lowest BCUT2D eigenvalue weighted by molar-refractivity contribution is -0.875. The van der Waals surface area contributed by atoms with Crippen molar-refractivity contribution in [2.45, 2.75) is 6.04 Å². The third-order valence-electron chi connectivity index (χ3n) is 1.67. The lowest BCUT2D eigenvalue weighted by Crippen LogP contribution is -3.10. The quantitative estimate of drug-likeness (QED) is 0.506. The van der Waals surface area contributed by atoms with Gasteiger partial charge in [0.05, 0.1) is 14.1 Å². The fraction of sp³-hybridized carbons (Fsp3) is 0.667. The number of hydrogen-bond donors (Lipinski definition) is 1. The summed E-state index contributed by atoms with van der Waals surface area (Å²) in [5.74, 6) is 0.273. The van der Waals surface area contributed by atoms with Gasteiger partial charge in [0.25, 0.3) is 0 Å². The van der Waals surface area contributed by atoms with Gasteiger partial charge in [-0.2, -0.15) is 0 Å². The van der Waals surface area contributed by atoms with Gasteiger partial charge in [-0.3, -0.25) is 0 Å². The number of likely N-dealkylation sites (N-methyl/N-ethyl adjacent to an activating group) is 1. The molecule has 1 atom stereocenters. The molecule has 1 aliphatic heterocycles. The van der Waals surface area contributed by atoms with Crippen molar-refractivity contribution in [1.82, 2.24) is 0 Å². The highest BCUT2D eigenvalue weighted by atomic mass is 32.2. The monoisotopic (exact) mass is 162 g/mol. The van der Waals surface area contributed by atoms with Gasteiger partial charge in [0, 0.05) is 5.41 Å². The minimum Gasteiger partial charge on any atom is -0.333 e. The van der Waals surface area contributed by atoms with Gasteiger partial charge in [0.15, 0.2) is 9.84 Å². The maximum absolute atomic E-state index is 10.8. The van der Waals surface area contributed by atoms with Crippen LogP contribution in [-0.2, 0) is 9.84 Å². The van der Waals surface area contributed by atoms with E-state index in [0.717, 1.165) is 4.90 Å². The number of sulfone groups is 1. The Labute approximate surface area is 61.3 Å². The van der Waals surface area contributed by atoms with Crippen molar-refractivity contribution in [1.29, 1.82) is 0 Å². The molecule has 0 fully saturated rings. The van der Waals surface area contributed by atoms with E-state index in [1.54, 1.807) is 6.08 Å². The topological polar surface area (TPSA) is 38.6 Å². The molecular formula is C6H12NO2S+. The first-order valence-electron chi connectivity index (χ1n) is 3.22. The smallest absolute Gasteiger partial charge is 0.177 e. The van der Waals surface area contributed by atoms with E-state index in [0.29, 0.717) is 0 Å². The van der Waals surface area contributed by atoms with Crippen LogP contribution in [-0.4, -0.2) is 34.3 Å². The molecule has 1 heterocycles. The Balaban J connectivity index is 2.72. The predicted octanol–water partition coefficient (Wildman–Crippen LogP) is -1.56. The molecule has 0 radical (unpaired) electrons. The Kier molecular flexibility index (Phi) is 1.83. The van der Waals surface area contributed by atoms with Crippen molar-refractivity contribution in [3.05, 3.63) is 11.5 Å². The second-order valence-corrected chi connectivity index (χ2v) is 4.77. The molecule has 1 N–H and O–H groups in total. The highest BCUT2D eigenvalue weighted by molar-refractivity contribution is 7.94. The summed E-state index contributed by atoms with van der Waals surface area (Å²) in [5, 5.41) is 1.31. The fourth-order valence-corrected chi connectivity index (χ4v) is 2.42. The molecule has 0 aromatic heterocycles. The van der Waals surface area contributed by atoms with Crippen LogP contribution in [0.15, 0.2) is 11.5 Å². The average molecular weight is 162 g/mol. The zero-order valence-electron chi connectivity index (χ0n) is 6.16. The summed E-state index contributed by atoms with van der Waals surface area (Å²) >= 11 is 0. The van der Waals surface area contributed by atoms with Crippen LogP contribution in [0, 0.1) is 0 Å². The second-order valence-electron chi connectivity index (χ2n) is 2.84. The van der Waals surface area contributed by atoms with Crippen molar-refractivity contribution >= 4 is 9.84 Å². The Morgan fingerprint density at radius 1 is 1.50 bits per heavy atom. The average Bonchev–Trinajstić information content (AvgIpc) is 2.10. The molecule has 0 bridgehead atoms. The summed E-state index contributed by atoms with van der Waals surface area (Å²) in [5.41, 5.74) is 0. The first-order chi connectivity index (χ1) is 4.51. The van der Waals surface area contributed by atoms with Gasteiger partial charge < -0.3 is 4.90 Å². The Bertz CT molecular complexity index is 240. The van der Waals surface area contributed by atoms with E-state index in [2.05, 4.69) is 0 Å². The maximum Gasteiger partial charge on any atom is 0.177 e. The molecule has 0 aromatic carbocycles. The number of quaternary nitrogens is 1. The molecule has 1 rings (SSSR count). The first kappa shape index (κ1) is 7.75. The van der Waals surface area contributed by atoms with Crippen molar-refractivity contribution in [2.24, 2.45) is 0 Å². The van der Waals surface area contributed by atoms with E-state index in [9.17, 15) is 8.42 Å². The molecule has 0 unspecified atom stereocenters. The standard InChI is InChI=1S/C6H11NO2S/c1-7(2)6-3-4-10(8,9)5-6/h3-4,6H,5H2,1-2H3/p+1/t6-/m0/s1. The van der Waals surface area contributed by atoms with E-state index in [1.165, 1.54) is 5.41 Å². The van der Waals surface area contributed by atoms with Crippen LogP contribution in [0.3, 0.4) is 0 Å². The molecule has 0 saturated heterocycles. The van der Waals surface area contributed by atoms with Gasteiger partial charge in [0.1, 0.15) is 11.8 Å². The van der Waals surface area contributed by atoms with Crippen LogP contribution in [0.25, 0.3) is 0 Å². The molecular weight excluding hydrogens is 150 g/mol. The lowest BCUT2D eigenvalue weighted by atomic mass is 10.3. The Hall–Kier alpha value is -0.350. The Morgan fingerprint density at radius 2 is 2.10 bits per heavy atom. The summed E-state index contributed by atoms with van der Waals surface area (Å²) in [6.45, 7) is 0. The highest BCUT2D eigenvalue weighted by Gasteiger charge is 2.25. The molecule has 1 aliphatic rings. The number of rotatable bonds is 1. The summed E-state index contributed by atoms with van der Waals surface area (Å²) in [6, 6.07) is 0.157. The molecule has 4 heteroatoms. The number of nitrogens with one attached hydrogen (secondary N) is 1. The molecule has 0 aliphatic carbocycles. The van der Waals surface area contributed by atoms with Crippen LogP contribution in [0.1, 0.15) is 0 Å². The molecule has 0 spiro atoms. The van der Waals surface area contributed by atoms with Crippen LogP contribution in [0.5, 0.6) is 0 Å². The molecule has 3 nitrogen and oxygen atoms in total. The minimum absolute atomic E-state index is 0.157. The molecule has 0 aromatic rings. The second kappa shape index (κ2) is 2.36. The van der Waals surface area contributed by atoms with E-state index in [1.807, 2.05) is 14.1 Å². The summed E-state index contributed by atoms with van der Waals surface area (Å²) in [4.78, 5) is 1.16. The van der Waals surface area contributed by atoms with Crippen LogP contribution in [0.2, 0.25) is 0 Å². The molecule has 58 valence electrons. The zero-order chi connectivity index (χ0) is 7.78. The van der Waals surface area contributed by atoms with Gasteiger partial charge in [-0.05, 0) is 6.08 Å². The fourth-order valence-electron chi connectivity index (χ4n) is 0.935. The minimum atomic E-state index is -2.84. The zero-order valence-corrected chi connectivity index (χ0v) is 6.98. The van der Waals surface area contributed by atoms with Gasteiger partial charge in [-0.15, -0.1) is 0 Å². The van der Waals surface area contributed by atoms with Crippen molar-refractivity contribution < 1.29 is 13.3 Å². The SMILES string of the molecule is C[NH+](C)[C@H]1C=CS(=O)(=O)C1. The summed E-state index contributed by atoms with van der Waals surface area (Å²) in [6.07, 6.45) is 1.75. The van der Waals surface area contributed by atoms with Gasteiger partial charge in [-0.25, -0.2) is 8.42 Å².